The smallest absolute Gasteiger partial charge is 0.254 e. The highest BCUT2D eigenvalue weighted by Crippen LogP contribution is 2.36. The number of benzene rings is 1. The molecule has 6 nitrogen and oxygen atoms in total. The summed E-state index contributed by atoms with van der Waals surface area (Å²) in [6.07, 6.45) is 5.52. The summed E-state index contributed by atoms with van der Waals surface area (Å²) in [7, 11) is 3.12. The number of hydrogen-bond acceptors (Lipinski definition) is 4. The zero-order valence-corrected chi connectivity index (χ0v) is 17.6. The number of piperazine rings is 1. The van der Waals surface area contributed by atoms with Crippen LogP contribution in [0, 0.1) is 5.92 Å². The van der Waals surface area contributed by atoms with Crippen molar-refractivity contribution in [3.63, 3.8) is 0 Å². The number of methoxy groups -OCH3 is 2. The van der Waals surface area contributed by atoms with Gasteiger partial charge in [0.25, 0.3) is 5.91 Å². The highest BCUT2D eigenvalue weighted by atomic mass is 79.9. The molecule has 3 rings (SSSR count). The molecule has 0 aromatic heterocycles. The van der Waals surface area contributed by atoms with Gasteiger partial charge in [-0.1, -0.05) is 12.8 Å². The summed E-state index contributed by atoms with van der Waals surface area (Å²) in [6.45, 7) is 2.30. The first-order valence-corrected chi connectivity index (χ1v) is 10.3. The minimum absolute atomic E-state index is 0.0676. The van der Waals surface area contributed by atoms with Crippen molar-refractivity contribution in [2.75, 3.05) is 40.4 Å². The molecule has 0 radical (unpaired) electrons. The first kappa shape index (κ1) is 20.0. The fraction of sp³-hybridized carbons (Fsp3) is 0.600. The van der Waals surface area contributed by atoms with Crippen molar-refractivity contribution in [1.29, 1.82) is 0 Å². The minimum Gasteiger partial charge on any atom is -0.495 e. The van der Waals surface area contributed by atoms with Crippen LogP contribution in [0.1, 0.15) is 42.5 Å². The number of halogens is 1. The summed E-state index contributed by atoms with van der Waals surface area (Å²) >= 11 is 3.42. The lowest BCUT2D eigenvalue weighted by Crippen LogP contribution is -2.50. The van der Waals surface area contributed by atoms with Crippen molar-refractivity contribution >= 4 is 27.7 Å². The van der Waals surface area contributed by atoms with Crippen molar-refractivity contribution in [2.45, 2.75) is 32.1 Å². The standard InChI is InChI=1S/C20H27BrN2O4/c1-26-16-12-15(13-17(27-2)19(16)21)20(25)23-9-7-22(8-10-23)18(24)11-14-5-3-4-6-14/h12-14H,3-11H2,1-2H3. The molecule has 2 amide bonds. The van der Waals surface area contributed by atoms with E-state index < -0.39 is 0 Å². The topological polar surface area (TPSA) is 59.1 Å². The van der Waals surface area contributed by atoms with Crippen LogP contribution in [0.4, 0.5) is 0 Å². The molecule has 1 heterocycles. The maximum atomic E-state index is 12.9. The van der Waals surface area contributed by atoms with Crippen LogP contribution in [-0.2, 0) is 4.79 Å². The number of hydrogen-bond donors (Lipinski definition) is 0. The van der Waals surface area contributed by atoms with Gasteiger partial charge in [-0.25, -0.2) is 0 Å². The fourth-order valence-corrected chi connectivity index (χ4v) is 4.48. The van der Waals surface area contributed by atoms with Gasteiger partial charge < -0.3 is 19.3 Å². The molecule has 0 bridgehead atoms. The number of amides is 2. The number of carbonyl (C=O) groups is 2. The van der Waals surface area contributed by atoms with Gasteiger partial charge in [0.05, 0.1) is 14.2 Å². The van der Waals surface area contributed by atoms with Gasteiger partial charge in [-0.05, 0) is 46.8 Å². The number of ether oxygens (including phenoxy) is 2. The van der Waals surface area contributed by atoms with Crippen LogP contribution >= 0.6 is 15.9 Å². The first-order valence-electron chi connectivity index (χ1n) is 9.52. The van der Waals surface area contributed by atoms with Gasteiger partial charge in [0, 0.05) is 38.2 Å². The molecule has 148 valence electrons. The molecular weight excluding hydrogens is 412 g/mol. The van der Waals surface area contributed by atoms with E-state index in [1.54, 1.807) is 31.3 Å². The zero-order chi connectivity index (χ0) is 19.4. The molecule has 1 saturated heterocycles. The van der Waals surface area contributed by atoms with E-state index in [4.69, 9.17) is 9.47 Å². The third kappa shape index (κ3) is 4.57. The predicted molar refractivity (Wildman–Crippen MR) is 106 cm³/mol. The lowest BCUT2D eigenvalue weighted by Gasteiger charge is -2.35. The van der Waals surface area contributed by atoms with E-state index in [1.807, 2.05) is 4.90 Å². The van der Waals surface area contributed by atoms with E-state index in [1.165, 1.54) is 25.7 Å². The SMILES string of the molecule is COc1cc(C(=O)N2CCN(C(=O)CC3CCCC3)CC2)cc(OC)c1Br. The van der Waals surface area contributed by atoms with Crippen molar-refractivity contribution in [3.05, 3.63) is 22.2 Å². The highest BCUT2D eigenvalue weighted by Gasteiger charge is 2.28. The summed E-state index contributed by atoms with van der Waals surface area (Å²) in [5.41, 5.74) is 0.526. The van der Waals surface area contributed by atoms with Gasteiger partial charge in [-0.15, -0.1) is 0 Å². The van der Waals surface area contributed by atoms with Crippen LogP contribution in [0.15, 0.2) is 16.6 Å². The molecule has 27 heavy (non-hydrogen) atoms. The van der Waals surface area contributed by atoms with Crippen molar-refractivity contribution in [2.24, 2.45) is 5.92 Å². The zero-order valence-electron chi connectivity index (χ0n) is 16.0. The molecule has 0 unspecified atom stereocenters. The maximum absolute atomic E-state index is 12.9. The van der Waals surface area contributed by atoms with Crippen molar-refractivity contribution < 1.29 is 19.1 Å². The second-order valence-corrected chi connectivity index (χ2v) is 8.02. The molecule has 1 aliphatic carbocycles. The second-order valence-electron chi connectivity index (χ2n) is 7.22. The van der Waals surface area contributed by atoms with Crippen LogP contribution in [0.5, 0.6) is 11.5 Å². The Kier molecular flexibility index (Phi) is 6.63. The third-order valence-corrected chi connectivity index (χ3v) is 6.33. The van der Waals surface area contributed by atoms with E-state index in [-0.39, 0.29) is 11.8 Å². The second kappa shape index (κ2) is 8.95. The highest BCUT2D eigenvalue weighted by molar-refractivity contribution is 9.10. The molecule has 7 heteroatoms. The average molecular weight is 439 g/mol. The molecule has 1 aromatic carbocycles. The molecule has 0 N–H and O–H groups in total. The van der Waals surface area contributed by atoms with E-state index in [9.17, 15) is 9.59 Å². The summed E-state index contributed by atoms with van der Waals surface area (Å²) in [5.74, 6) is 1.84. The van der Waals surface area contributed by atoms with Crippen LogP contribution in [0.3, 0.4) is 0 Å². The quantitative estimate of drug-likeness (QED) is 0.707. The van der Waals surface area contributed by atoms with Crippen LogP contribution in [-0.4, -0.2) is 62.0 Å². The molecule has 2 aliphatic rings. The maximum Gasteiger partial charge on any atom is 0.254 e. The summed E-state index contributed by atoms with van der Waals surface area (Å²) in [6, 6.07) is 3.43. The normalized spacial score (nSPS) is 17.9. The minimum atomic E-state index is -0.0676. The summed E-state index contributed by atoms with van der Waals surface area (Å²) in [4.78, 5) is 29.1. The Bertz CT molecular complexity index is 670. The monoisotopic (exact) mass is 438 g/mol. The lowest BCUT2D eigenvalue weighted by molar-refractivity contribution is -0.133. The summed E-state index contributed by atoms with van der Waals surface area (Å²) < 4.78 is 11.3. The Hall–Kier alpha value is -1.76. The van der Waals surface area contributed by atoms with Gasteiger partial charge >= 0.3 is 0 Å². The Morgan fingerprint density at radius 2 is 1.52 bits per heavy atom. The third-order valence-electron chi connectivity index (χ3n) is 5.55. The van der Waals surface area contributed by atoms with Gasteiger partial charge in [0.1, 0.15) is 16.0 Å². The van der Waals surface area contributed by atoms with Gasteiger partial charge in [-0.3, -0.25) is 9.59 Å². The molecule has 1 aromatic rings. The fourth-order valence-electron chi connectivity index (χ4n) is 3.92. The molecule has 1 saturated carbocycles. The Morgan fingerprint density at radius 1 is 1.00 bits per heavy atom. The first-order chi connectivity index (χ1) is 13.0. The lowest BCUT2D eigenvalue weighted by atomic mass is 10.0. The molecule has 0 atom stereocenters. The molecule has 0 spiro atoms. The van der Waals surface area contributed by atoms with Gasteiger partial charge in [0.15, 0.2) is 0 Å². The van der Waals surface area contributed by atoms with Crippen LogP contribution < -0.4 is 9.47 Å². The summed E-state index contributed by atoms with van der Waals surface area (Å²) in [5, 5.41) is 0. The largest absolute Gasteiger partial charge is 0.495 e. The molecular formula is C20H27BrN2O4. The van der Waals surface area contributed by atoms with Crippen molar-refractivity contribution in [3.8, 4) is 11.5 Å². The van der Waals surface area contributed by atoms with E-state index >= 15 is 0 Å². The van der Waals surface area contributed by atoms with Gasteiger partial charge in [-0.2, -0.15) is 0 Å². The average Bonchev–Trinajstić information content (AvgIpc) is 3.20. The Morgan fingerprint density at radius 3 is 2.04 bits per heavy atom. The molecule has 2 fully saturated rings. The number of carbonyl (C=O) groups excluding carboxylic acids is 2. The van der Waals surface area contributed by atoms with E-state index in [0.29, 0.717) is 60.1 Å². The van der Waals surface area contributed by atoms with Crippen LogP contribution in [0.2, 0.25) is 0 Å². The molecule has 1 aliphatic heterocycles. The van der Waals surface area contributed by atoms with Crippen LogP contribution in [0.25, 0.3) is 0 Å². The number of rotatable bonds is 5. The Balaban J connectivity index is 1.60. The Labute approximate surface area is 168 Å². The van der Waals surface area contributed by atoms with E-state index in [2.05, 4.69) is 15.9 Å². The van der Waals surface area contributed by atoms with E-state index in [0.717, 1.165) is 0 Å². The van der Waals surface area contributed by atoms with Crippen molar-refractivity contribution in [1.82, 2.24) is 9.80 Å². The predicted octanol–water partition coefficient (Wildman–Crippen LogP) is 3.33. The van der Waals surface area contributed by atoms with Gasteiger partial charge in [0.2, 0.25) is 5.91 Å². The number of nitrogens with zero attached hydrogens (tertiary/aromatic N) is 2.